The molecule has 114 valence electrons. The molecule has 1 aliphatic carbocycles. The number of hydrogen-bond donors (Lipinski definition) is 3. The molecule has 1 saturated heterocycles. The number of hydrogen-bond acceptors (Lipinski definition) is 6. The molecule has 1 heterocycles. The molecule has 0 bridgehead atoms. The number of ketones is 1. The Labute approximate surface area is 121 Å². The van der Waals surface area contributed by atoms with E-state index < -0.39 is 31.2 Å². The quantitative estimate of drug-likeness (QED) is 0.727. The molecular formula is C15H18O6. The van der Waals surface area contributed by atoms with Crippen LogP contribution in [0.4, 0.5) is 0 Å². The van der Waals surface area contributed by atoms with Gasteiger partial charge in [-0.25, -0.2) is 0 Å². The van der Waals surface area contributed by atoms with E-state index in [0.717, 1.165) is 18.4 Å². The summed E-state index contributed by atoms with van der Waals surface area (Å²) < 4.78 is 10.9. The highest BCUT2D eigenvalue weighted by atomic mass is 16.7. The molecule has 1 aromatic rings. The van der Waals surface area contributed by atoms with Gasteiger partial charge in [-0.3, -0.25) is 4.79 Å². The molecule has 0 aromatic heterocycles. The van der Waals surface area contributed by atoms with Gasteiger partial charge >= 0.3 is 0 Å². The van der Waals surface area contributed by atoms with E-state index in [9.17, 15) is 15.0 Å². The van der Waals surface area contributed by atoms with Gasteiger partial charge in [0.15, 0.2) is 5.78 Å². The van der Waals surface area contributed by atoms with Crippen molar-refractivity contribution in [3.8, 4) is 5.75 Å². The Balaban J connectivity index is 1.83. The zero-order chi connectivity index (χ0) is 15.0. The smallest absolute Gasteiger partial charge is 0.229 e. The lowest BCUT2D eigenvalue weighted by molar-refractivity contribution is -0.116. The highest BCUT2D eigenvalue weighted by molar-refractivity contribution is 5.99. The summed E-state index contributed by atoms with van der Waals surface area (Å²) in [6.45, 7) is -0.399. The molecular weight excluding hydrogens is 276 g/mol. The molecule has 3 N–H and O–H groups in total. The molecule has 21 heavy (non-hydrogen) atoms. The number of carbonyl (C=O) groups is 1. The molecule has 1 aromatic carbocycles. The zero-order valence-electron chi connectivity index (χ0n) is 11.4. The van der Waals surface area contributed by atoms with Gasteiger partial charge in [0.1, 0.15) is 24.1 Å². The number of aliphatic hydroxyl groups is 3. The van der Waals surface area contributed by atoms with Crippen LogP contribution in [0.1, 0.15) is 28.8 Å². The number of aliphatic hydroxyl groups excluding tert-OH is 3. The van der Waals surface area contributed by atoms with E-state index in [4.69, 9.17) is 14.6 Å². The van der Waals surface area contributed by atoms with Crippen molar-refractivity contribution in [1.82, 2.24) is 0 Å². The average molecular weight is 294 g/mol. The van der Waals surface area contributed by atoms with Crippen molar-refractivity contribution in [2.45, 2.75) is 43.9 Å². The molecule has 6 nitrogen and oxygen atoms in total. The zero-order valence-corrected chi connectivity index (χ0v) is 11.4. The van der Waals surface area contributed by atoms with Crippen LogP contribution in [0, 0.1) is 0 Å². The van der Waals surface area contributed by atoms with E-state index in [1.165, 1.54) is 0 Å². The van der Waals surface area contributed by atoms with E-state index in [1.807, 2.05) is 0 Å². The van der Waals surface area contributed by atoms with Gasteiger partial charge in [0.05, 0.1) is 6.61 Å². The maximum absolute atomic E-state index is 11.9. The van der Waals surface area contributed by atoms with Crippen LogP contribution in [-0.2, 0) is 11.2 Å². The number of ether oxygens (including phenoxy) is 2. The summed E-state index contributed by atoms with van der Waals surface area (Å²) in [6.07, 6.45) is -2.33. The second kappa shape index (κ2) is 5.73. The molecule has 2 aliphatic rings. The first-order chi connectivity index (χ1) is 10.1. The van der Waals surface area contributed by atoms with Crippen LogP contribution in [0.2, 0.25) is 0 Å². The average Bonchev–Trinajstić information content (AvgIpc) is 2.76. The molecule has 4 atom stereocenters. The van der Waals surface area contributed by atoms with Crippen LogP contribution in [-0.4, -0.2) is 52.3 Å². The van der Waals surface area contributed by atoms with Crippen molar-refractivity contribution in [3.63, 3.8) is 0 Å². The summed E-state index contributed by atoms with van der Waals surface area (Å²) in [7, 11) is 0. The topological polar surface area (TPSA) is 96.2 Å². The van der Waals surface area contributed by atoms with Gasteiger partial charge in [0, 0.05) is 17.5 Å². The molecule has 0 spiro atoms. The van der Waals surface area contributed by atoms with Crippen LogP contribution < -0.4 is 4.74 Å². The summed E-state index contributed by atoms with van der Waals surface area (Å²) in [4.78, 5) is 11.9. The molecule has 0 amide bonds. The van der Waals surface area contributed by atoms with Crippen LogP contribution in [0.3, 0.4) is 0 Å². The van der Waals surface area contributed by atoms with Crippen molar-refractivity contribution < 1.29 is 29.6 Å². The number of benzene rings is 1. The predicted molar refractivity (Wildman–Crippen MR) is 72.1 cm³/mol. The molecule has 6 heteroatoms. The number of rotatable bonds is 3. The first kappa shape index (κ1) is 14.5. The highest BCUT2D eigenvalue weighted by Gasteiger charge is 2.44. The molecule has 0 saturated carbocycles. The normalized spacial score (nSPS) is 32.0. The monoisotopic (exact) mass is 294 g/mol. The van der Waals surface area contributed by atoms with Crippen molar-refractivity contribution in [2.75, 3.05) is 6.61 Å². The van der Waals surface area contributed by atoms with Crippen LogP contribution in [0.15, 0.2) is 18.2 Å². The largest absolute Gasteiger partial charge is 0.462 e. The van der Waals surface area contributed by atoms with Gasteiger partial charge in [-0.1, -0.05) is 12.1 Å². The number of fused-ring (bicyclic) bond motifs is 1. The van der Waals surface area contributed by atoms with Crippen LogP contribution in [0.25, 0.3) is 0 Å². The van der Waals surface area contributed by atoms with E-state index in [-0.39, 0.29) is 5.78 Å². The van der Waals surface area contributed by atoms with E-state index in [2.05, 4.69) is 0 Å². The van der Waals surface area contributed by atoms with Gasteiger partial charge in [0.2, 0.25) is 6.29 Å². The van der Waals surface area contributed by atoms with Crippen molar-refractivity contribution in [1.29, 1.82) is 0 Å². The van der Waals surface area contributed by atoms with Crippen LogP contribution in [0.5, 0.6) is 5.75 Å². The summed E-state index contributed by atoms with van der Waals surface area (Å²) in [5, 5.41) is 28.7. The van der Waals surface area contributed by atoms with E-state index in [0.29, 0.717) is 17.7 Å². The van der Waals surface area contributed by atoms with Crippen molar-refractivity contribution >= 4 is 5.78 Å². The minimum Gasteiger partial charge on any atom is -0.462 e. The first-order valence-corrected chi connectivity index (χ1v) is 7.06. The number of carbonyl (C=O) groups excluding carboxylic acids is 1. The highest BCUT2D eigenvalue weighted by Crippen LogP contribution is 2.32. The Morgan fingerprint density at radius 3 is 2.76 bits per heavy atom. The Morgan fingerprint density at radius 1 is 1.24 bits per heavy atom. The fraction of sp³-hybridized carbons (Fsp3) is 0.533. The Kier molecular flexibility index (Phi) is 3.95. The van der Waals surface area contributed by atoms with Crippen molar-refractivity contribution in [3.05, 3.63) is 29.3 Å². The molecule has 1 aliphatic heterocycles. The lowest BCUT2D eigenvalue weighted by atomic mass is 9.90. The van der Waals surface area contributed by atoms with Gasteiger partial charge in [-0.15, -0.1) is 0 Å². The van der Waals surface area contributed by atoms with E-state index in [1.54, 1.807) is 18.2 Å². The summed E-state index contributed by atoms with van der Waals surface area (Å²) in [6, 6.07) is 5.20. The van der Waals surface area contributed by atoms with Crippen molar-refractivity contribution in [2.24, 2.45) is 0 Å². The Hall–Kier alpha value is -1.47. The van der Waals surface area contributed by atoms with E-state index >= 15 is 0 Å². The fourth-order valence-corrected chi connectivity index (χ4v) is 2.84. The third kappa shape index (κ3) is 2.55. The first-order valence-electron chi connectivity index (χ1n) is 7.06. The van der Waals surface area contributed by atoms with Gasteiger partial charge in [0.25, 0.3) is 0 Å². The molecule has 3 rings (SSSR count). The summed E-state index contributed by atoms with van der Waals surface area (Å²) in [5.74, 6) is 0.568. The van der Waals surface area contributed by atoms with Gasteiger partial charge in [-0.05, 0) is 18.9 Å². The maximum atomic E-state index is 11.9. The minimum absolute atomic E-state index is 0.0860. The Bertz CT molecular complexity index is 543. The van der Waals surface area contributed by atoms with Gasteiger partial charge < -0.3 is 24.8 Å². The SMILES string of the molecule is O=C1CCCc2c(OC3O[C@H](CO)[C@@H](O)[C@H]3O)cccc21. The third-order valence-corrected chi connectivity index (χ3v) is 4.01. The summed E-state index contributed by atoms with van der Waals surface area (Å²) >= 11 is 0. The standard InChI is InChI=1S/C15H18O6/c16-7-12-13(18)14(19)15(21-12)20-11-6-2-3-8-9(11)4-1-5-10(8)17/h2-3,6,12-16,18-19H,1,4-5,7H2/t12-,13-,14-,15?/m1/s1. The van der Waals surface area contributed by atoms with Gasteiger partial charge in [-0.2, -0.15) is 0 Å². The second-order valence-corrected chi connectivity index (χ2v) is 5.38. The molecule has 1 fully saturated rings. The van der Waals surface area contributed by atoms with Crippen LogP contribution >= 0.6 is 0 Å². The lowest BCUT2D eigenvalue weighted by Crippen LogP contribution is -2.35. The Morgan fingerprint density at radius 2 is 2.05 bits per heavy atom. The molecule has 0 radical (unpaired) electrons. The second-order valence-electron chi connectivity index (χ2n) is 5.38. The number of Topliss-reactive ketones (excluding diaryl/α,β-unsaturated/α-hetero) is 1. The fourth-order valence-electron chi connectivity index (χ4n) is 2.84. The maximum Gasteiger partial charge on any atom is 0.229 e. The third-order valence-electron chi connectivity index (χ3n) is 4.01. The predicted octanol–water partition coefficient (Wildman–Crippen LogP) is 0.0234. The lowest BCUT2D eigenvalue weighted by Gasteiger charge is -2.22. The summed E-state index contributed by atoms with van der Waals surface area (Å²) in [5.41, 5.74) is 1.46. The molecule has 1 unspecified atom stereocenters. The minimum atomic E-state index is -1.24.